The molecule has 0 aromatic carbocycles. The van der Waals surface area contributed by atoms with E-state index in [1.54, 1.807) is 11.2 Å². The van der Waals surface area contributed by atoms with Crippen LogP contribution in [0.3, 0.4) is 0 Å². The highest BCUT2D eigenvalue weighted by atomic mass is 15.4. The molecule has 66 valence electrons. The summed E-state index contributed by atoms with van der Waals surface area (Å²) in [6, 6.07) is 0. The van der Waals surface area contributed by atoms with Gasteiger partial charge in [-0.15, -0.1) is 0 Å². The number of hydrogen-bond donors (Lipinski definition) is 2. The number of rotatable bonds is 4. The first-order chi connectivity index (χ1) is 5.11. The van der Waals surface area contributed by atoms with E-state index in [1.807, 2.05) is 6.92 Å². The maximum atomic E-state index is 5.72. The summed E-state index contributed by atoms with van der Waals surface area (Å²) in [5.74, 6) is 6.30. The Labute approximate surface area is 69.0 Å². The molecule has 0 unspecified atom stereocenters. The van der Waals surface area contributed by atoms with Crippen LogP contribution in [0.25, 0.3) is 0 Å². The van der Waals surface area contributed by atoms with Gasteiger partial charge in [0.25, 0.3) is 0 Å². The fourth-order valence-corrected chi connectivity index (χ4v) is 0.927. The van der Waals surface area contributed by atoms with Crippen molar-refractivity contribution in [3.63, 3.8) is 0 Å². The standard InChI is InChI=1S/C8H19N3/c1-4-8(5-9)11(10)6-7(2)3/h5,7H,4,6,9-10H2,1-3H3/b8-5-. The third-order valence-corrected chi connectivity index (χ3v) is 1.49. The molecule has 0 radical (unpaired) electrons. The largest absolute Gasteiger partial charge is 0.403 e. The molecule has 0 spiro atoms. The van der Waals surface area contributed by atoms with Crippen molar-refractivity contribution in [2.45, 2.75) is 27.2 Å². The van der Waals surface area contributed by atoms with E-state index in [2.05, 4.69) is 13.8 Å². The highest BCUT2D eigenvalue weighted by Crippen LogP contribution is 2.04. The summed E-state index contributed by atoms with van der Waals surface area (Å²) in [5, 5.41) is 1.71. The average molecular weight is 157 g/mol. The molecule has 3 nitrogen and oxygen atoms in total. The van der Waals surface area contributed by atoms with E-state index < -0.39 is 0 Å². The van der Waals surface area contributed by atoms with Crippen molar-refractivity contribution in [1.29, 1.82) is 0 Å². The second kappa shape index (κ2) is 5.02. The lowest BCUT2D eigenvalue weighted by Gasteiger charge is -2.22. The van der Waals surface area contributed by atoms with Crippen LogP contribution in [0.4, 0.5) is 0 Å². The van der Waals surface area contributed by atoms with Gasteiger partial charge in [0.15, 0.2) is 0 Å². The van der Waals surface area contributed by atoms with Crippen molar-refractivity contribution in [2.24, 2.45) is 17.5 Å². The molecule has 0 aliphatic rings. The number of nitrogens with zero attached hydrogens (tertiary/aromatic N) is 1. The van der Waals surface area contributed by atoms with Crippen LogP contribution >= 0.6 is 0 Å². The molecular weight excluding hydrogens is 138 g/mol. The zero-order chi connectivity index (χ0) is 8.85. The van der Waals surface area contributed by atoms with Gasteiger partial charge >= 0.3 is 0 Å². The lowest BCUT2D eigenvalue weighted by atomic mass is 10.2. The van der Waals surface area contributed by atoms with Crippen LogP contribution in [0.5, 0.6) is 0 Å². The van der Waals surface area contributed by atoms with Gasteiger partial charge in [0.05, 0.1) is 0 Å². The Bertz CT molecular complexity index is 129. The van der Waals surface area contributed by atoms with Crippen molar-refractivity contribution >= 4 is 0 Å². The number of hydrazine groups is 1. The van der Waals surface area contributed by atoms with Gasteiger partial charge in [-0.1, -0.05) is 20.8 Å². The molecule has 11 heavy (non-hydrogen) atoms. The fourth-order valence-electron chi connectivity index (χ4n) is 0.927. The zero-order valence-electron chi connectivity index (χ0n) is 7.67. The van der Waals surface area contributed by atoms with Crippen LogP contribution < -0.4 is 11.6 Å². The molecule has 0 saturated carbocycles. The normalized spacial score (nSPS) is 12.3. The first-order valence-corrected chi connectivity index (χ1v) is 4.04. The topological polar surface area (TPSA) is 55.3 Å². The number of nitrogens with two attached hydrogens (primary N) is 2. The molecule has 0 atom stereocenters. The van der Waals surface area contributed by atoms with Crippen LogP contribution in [0.15, 0.2) is 11.9 Å². The van der Waals surface area contributed by atoms with E-state index in [1.165, 1.54) is 0 Å². The molecule has 0 amide bonds. The minimum atomic E-state index is 0.571. The first-order valence-electron chi connectivity index (χ1n) is 4.04. The molecule has 0 saturated heterocycles. The van der Waals surface area contributed by atoms with E-state index in [9.17, 15) is 0 Å². The summed E-state index contributed by atoms with van der Waals surface area (Å²) in [6.45, 7) is 7.16. The second-order valence-corrected chi connectivity index (χ2v) is 3.06. The molecule has 0 aliphatic carbocycles. The monoisotopic (exact) mass is 157 g/mol. The molecule has 0 aliphatic heterocycles. The Balaban J connectivity index is 3.90. The Kier molecular flexibility index (Phi) is 4.70. The summed E-state index contributed by atoms with van der Waals surface area (Å²) in [4.78, 5) is 0. The van der Waals surface area contributed by atoms with E-state index in [0.717, 1.165) is 18.7 Å². The van der Waals surface area contributed by atoms with E-state index in [-0.39, 0.29) is 0 Å². The lowest BCUT2D eigenvalue weighted by Crippen LogP contribution is -2.33. The lowest BCUT2D eigenvalue weighted by molar-refractivity contribution is 0.306. The third-order valence-electron chi connectivity index (χ3n) is 1.49. The molecule has 0 rings (SSSR count). The van der Waals surface area contributed by atoms with Gasteiger partial charge in [-0.05, 0) is 12.3 Å². The minimum absolute atomic E-state index is 0.571. The minimum Gasteiger partial charge on any atom is -0.403 e. The summed E-state index contributed by atoms with van der Waals surface area (Å²) < 4.78 is 0. The summed E-state index contributed by atoms with van der Waals surface area (Å²) in [5.41, 5.74) is 6.38. The summed E-state index contributed by atoms with van der Waals surface area (Å²) in [7, 11) is 0. The molecule has 0 aromatic rings. The van der Waals surface area contributed by atoms with E-state index in [0.29, 0.717) is 5.92 Å². The summed E-state index contributed by atoms with van der Waals surface area (Å²) in [6.07, 6.45) is 2.46. The van der Waals surface area contributed by atoms with Gasteiger partial charge in [-0.2, -0.15) is 0 Å². The Morgan fingerprint density at radius 3 is 2.36 bits per heavy atom. The van der Waals surface area contributed by atoms with Crippen LogP contribution in [0.1, 0.15) is 27.2 Å². The van der Waals surface area contributed by atoms with Crippen molar-refractivity contribution in [1.82, 2.24) is 5.01 Å². The van der Waals surface area contributed by atoms with Gasteiger partial charge in [0.2, 0.25) is 0 Å². The third kappa shape index (κ3) is 3.88. The van der Waals surface area contributed by atoms with Crippen molar-refractivity contribution < 1.29 is 0 Å². The van der Waals surface area contributed by atoms with Crippen molar-refractivity contribution in [3.05, 3.63) is 11.9 Å². The Morgan fingerprint density at radius 1 is 1.55 bits per heavy atom. The molecule has 4 N–H and O–H groups in total. The number of allylic oxidation sites excluding steroid dienone is 1. The molecule has 0 bridgehead atoms. The highest BCUT2D eigenvalue weighted by Gasteiger charge is 2.03. The maximum Gasteiger partial charge on any atom is 0.0443 e. The zero-order valence-corrected chi connectivity index (χ0v) is 7.67. The van der Waals surface area contributed by atoms with Crippen molar-refractivity contribution in [3.8, 4) is 0 Å². The van der Waals surface area contributed by atoms with Crippen LogP contribution in [0, 0.1) is 5.92 Å². The maximum absolute atomic E-state index is 5.72. The van der Waals surface area contributed by atoms with Gasteiger partial charge in [0, 0.05) is 18.4 Å². The molecular formula is C8H19N3. The SMILES string of the molecule is CC/C(=C/N)N(N)CC(C)C. The quantitative estimate of drug-likeness (QED) is 0.473. The van der Waals surface area contributed by atoms with Crippen molar-refractivity contribution in [2.75, 3.05) is 6.54 Å². The molecule has 0 fully saturated rings. The fraction of sp³-hybridized carbons (Fsp3) is 0.750. The highest BCUT2D eigenvalue weighted by molar-refractivity contribution is 4.95. The van der Waals surface area contributed by atoms with Crippen LogP contribution in [0.2, 0.25) is 0 Å². The molecule has 0 aromatic heterocycles. The smallest absolute Gasteiger partial charge is 0.0443 e. The van der Waals surface area contributed by atoms with E-state index >= 15 is 0 Å². The van der Waals surface area contributed by atoms with Crippen LogP contribution in [-0.4, -0.2) is 11.6 Å². The first kappa shape index (κ1) is 10.3. The second-order valence-electron chi connectivity index (χ2n) is 3.06. The Morgan fingerprint density at radius 2 is 2.09 bits per heavy atom. The summed E-state index contributed by atoms with van der Waals surface area (Å²) >= 11 is 0. The Hall–Kier alpha value is -0.700. The van der Waals surface area contributed by atoms with E-state index in [4.69, 9.17) is 11.6 Å². The van der Waals surface area contributed by atoms with Gasteiger partial charge in [-0.25, -0.2) is 5.84 Å². The number of hydrogen-bond acceptors (Lipinski definition) is 3. The predicted molar refractivity (Wildman–Crippen MR) is 48.3 cm³/mol. The molecule has 0 heterocycles. The average Bonchev–Trinajstić information content (AvgIpc) is 1.88. The van der Waals surface area contributed by atoms with Gasteiger partial charge < -0.3 is 10.7 Å². The molecule has 3 heteroatoms. The van der Waals surface area contributed by atoms with Gasteiger partial charge in [0.1, 0.15) is 0 Å². The van der Waals surface area contributed by atoms with Gasteiger partial charge in [-0.3, -0.25) is 0 Å². The van der Waals surface area contributed by atoms with Crippen LogP contribution in [-0.2, 0) is 0 Å². The predicted octanol–water partition coefficient (Wildman–Crippen LogP) is 1.03.